The Bertz CT molecular complexity index is 1410. The molecule has 2 atom stereocenters. The fourth-order valence-electron chi connectivity index (χ4n) is 5.39. The number of thioether (sulfide) groups is 1. The van der Waals surface area contributed by atoms with Crippen molar-refractivity contribution in [2.45, 2.75) is 64.0 Å². The highest BCUT2D eigenvalue weighted by molar-refractivity contribution is 8.00. The number of fused-ring (bicyclic) bond motifs is 1. The summed E-state index contributed by atoms with van der Waals surface area (Å²) < 4.78 is 5.78. The number of carboxylic acids is 1. The zero-order chi connectivity index (χ0) is 34.4. The molecule has 1 aromatic carbocycles. The number of carbonyl (C=O) groups is 4. The third-order valence-electron chi connectivity index (χ3n) is 7.80. The van der Waals surface area contributed by atoms with Crippen LogP contribution in [-0.2, 0) is 28.8 Å². The van der Waals surface area contributed by atoms with Gasteiger partial charge >= 0.3 is 11.9 Å². The van der Waals surface area contributed by atoms with Crippen molar-refractivity contribution >= 4 is 52.8 Å². The number of β-lactam (4-membered cyclic amide) rings is 1. The Labute approximate surface area is 277 Å². The lowest BCUT2D eigenvalue weighted by atomic mass is 10.0. The normalized spacial score (nSPS) is 20.6. The number of amides is 2. The number of nitrogens with two attached hydrogens (primary N) is 1. The molecule has 254 valence electrons. The second-order valence-electron chi connectivity index (χ2n) is 11.8. The summed E-state index contributed by atoms with van der Waals surface area (Å²) in [6.45, 7) is 10.3. The number of likely N-dealkylation sites (tertiary alicyclic amines) is 1. The number of oxime groups is 1. The Morgan fingerprint density at radius 2 is 1.85 bits per heavy atom. The van der Waals surface area contributed by atoms with E-state index in [1.165, 1.54) is 50.1 Å². The highest BCUT2D eigenvalue weighted by atomic mass is 35.5. The van der Waals surface area contributed by atoms with Gasteiger partial charge in [0.1, 0.15) is 23.7 Å². The molecule has 16 heteroatoms. The quantitative estimate of drug-likeness (QED) is 0.0571. The van der Waals surface area contributed by atoms with Crippen LogP contribution in [0.4, 0.5) is 0 Å². The molecule has 0 saturated carbocycles. The first-order chi connectivity index (χ1) is 21.7. The van der Waals surface area contributed by atoms with E-state index in [-0.39, 0.29) is 11.3 Å². The van der Waals surface area contributed by atoms with Crippen LogP contribution in [0.5, 0.6) is 11.5 Å². The van der Waals surface area contributed by atoms with E-state index >= 15 is 0 Å². The molecule has 1 aromatic rings. The van der Waals surface area contributed by atoms with Crippen molar-refractivity contribution in [2.24, 2.45) is 10.9 Å². The van der Waals surface area contributed by atoms with E-state index in [0.29, 0.717) is 18.8 Å². The highest BCUT2D eigenvalue weighted by Crippen LogP contribution is 2.42. The van der Waals surface area contributed by atoms with E-state index in [0.717, 1.165) is 48.6 Å². The molecular formula is C30H43ClN5O9S+. The molecule has 0 spiro atoms. The number of aromatic hydroxyl groups is 2. The fourth-order valence-corrected chi connectivity index (χ4v) is 6.98. The maximum Gasteiger partial charge on any atom is 0.355 e. The van der Waals surface area contributed by atoms with Crippen LogP contribution in [0, 0.1) is 0 Å². The highest BCUT2D eigenvalue weighted by Gasteiger charge is 2.55. The van der Waals surface area contributed by atoms with Crippen LogP contribution in [0.3, 0.4) is 0 Å². The summed E-state index contributed by atoms with van der Waals surface area (Å²) >= 11 is 7.55. The van der Waals surface area contributed by atoms with Crippen LogP contribution in [0.15, 0.2) is 28.6 Å². The summed E-state index contributed by atoms with van der Waals surface area (Å²) in [5.41, 5.74) is 4.25. The largest absolute Gasteiger partial charge is 0.504 e. The van der Waals surface area contributed by atoms with Crippen molar-refractivity contribution in [3.05, 3.63) is 34.0 Å². The van der Waals surface area contributed by atoms with Crippen molar-refractivity contribution < 1.29 is 48.6 Å². The number of nitrogens with one attached hydrogen (secondary N) is 1. The minimum atomic E-state index is -1.85. The van der Waals surface area contributed by atoms with Crippen LogP contribution >= 0.6 is 23.4 Å². The molecule has 2 amide bonds. The molecule has 0 aromatic heterocycles. The molecule has 4 rings (SSSR count). The Kier molecular flexibility index (Phi) is 12.3. The van der Waals surface area contributed by atoms with Crippen LogP contribution in [0.25, 0.3) is 0 Å². The molecule has 0 radical (unpaired) electrons. The molecule has 0 unspecified atom stereocenters. The number of rotatable bonds is 11. The van der Waals surface area contributed by atoms with Gasteiger partial charge in [0, 0.05) is 36.3 Å². The zero-order valence-corrected chi connectivity index (χ0v) is 28.2. The maximum atomic E-state index is 13.5. The number of hydrogen-bond acceptors (Lipinski definition) is 11. The van der Waals surface area contributed by atoms with Gasteiger partial charge in [0.25, 0.3) is 11.8 Å². The lowest BCUT2D eigenvalue weighted by molar-refractivity contribution is -0.910. The zero-order valence-electron chi connectivity index (χ0n) is 26.7. The molecule has 3 heterocycles. The van der Waals surface area contributed by atoms with Crippen molar-refractivity contribution in [2.75, 3.05) is 45.6 Å². The van der Waals surface area contributed by atoms with Gasteiger partial charge in [-0.3, -0.25) is 14.5 Å². The van der Waals surface area contributed by atoms with E-state index in [1.807, 2.05) is 0 Å². The van der Waals surface area contributed by atoms with Crippen LogP contribution in [0.1, 0.15) is 52.5 Å². The molecule has 0 bridgehead atoms. The van der Waals surface area contributed by atoms with Crippen LogP contribution < -0.4 is 11.1 Å². The maximum absolute atomic E-state index is 13.5. The Hall–Kier alpha value is -3.53. The summed E-state index contributed by atoms with van der Waals surface area (Å²) in [5, 5.41) is 34.5. The molecule has 3 aliphatic heterocycles. The summed E-state index contributed by atoms with van der Waals surface area (Å²) in [7, 11) is 1.24. The molecular weight excluding hydrogens is 642 g/mol. The first-order valence-corrected chi connectivity index (χ1v) is 16.4. The molecule has 2 fully saturated rings. The lowest BCUT2D eigenvalue weighted by Gasteiger charge is -2.50. The summed E-state index contributed by atoms with van der Waals surface area (Å²) in [5.74, 6) is -4.43. The molecule has 3 aliphatic rings. The van der Waals surface area contributed by atoms with Gasteiger partial charge in [-0.15, -0.1) is 11.8 Å². The first kappa shape index (κ1) is 36.9. The number of carbonyl (C=O) groups excluding carboxylic acids is 3. The summed E-state index contributed by atoms with van der Waals surface area (Å²) in [6.07, 6.45) is 3.35. The minimum Gasteiger partial charge on any atom is -0.504 e. The summed E-state index contributed by atoms with van der Waals surface area (Å²) in [6, 6.07) is 1.16. The fraction of sp³-hybridized carbons (Fsp3) is 0.567. The number of methoxy groups -OCH3 is 1. The van der Waals surface area contributed by atoms with Gasteiger partial charge in [-0.1, -0.05) is 37.0 Å². The van der Waals surface area contributed by atoms with E-state index in [4.69, 9.17) is 26.9 Å². The minimum absolute atomic E-state index is 0.162. The Morgan fingerprint density at radius 1 is 1.22 bits per heavy atom. The monoisotopic (exact) mass is 684 g/mol. The second kappa shape index (κ2) is 15.4. The van der Waals surface area contributed by atoms with Gasteiger partial charge in [0.15, 0.2) is 17.2 Å². The van der Waals surface area contributed by atoms with Gasteiger partial charge in [-0.25, -0.2) is 9.59 Å². The summed E-state index contributed by atoms with van der Waals surface area (Å²) in [4.78, 5) is 57.9. The van der Waals surface area contributed by atoms with Gasteiger partial charge in [-0.05, 0) is 26.0 Å². The van der Waals surface area contributed by atoms with Crippen molar-refractivity contribution in [1.82, 2.24) is 10.2 Å². The Balaban J connectivity index is 0.00000185. The van der Waals surface area contributed by atoms with Crippen molar-refractivity contribution in [1.29, 1.82) is 0 Å². The molecule has 46 heavy (non-hydrogen) atoms. The average molecular weight is 685 g/mol. The number of aliphatic carboxylic acids is 1. The number of hydrogen-bond donors (Lipinski definition) is 5. The average Bonchev–Trinajstić information content (AvgIpc) is 3.47. The van der Waals surface area contributed by atoms with Crippen LogP contribution in [-0.4, -0.2) is 117 Å². The van der Waals surface area contributed by atoms with Gasteiger partial charge in [0.05, 0.1) is 31.8 Å². The van der Waals surface area contributed by atoms with E-state index in [9.17, 15) is 34.5 Å². The lowest BCUT2D eigenvalue weighted by Crippen LogP contribution is -2.71. The first-order valence-electron chi connectivity index (χ1n) is 15.0. The van der Waals surface area contributed by atoms with Crippen LogP contribution in [0.2, 0.25) is 5.02 Å². The smallest absolute Gasteiger partial charge is 0.355 e. The number of halogens is 1. The third-order valence-corrected chi connectivity index (χ3v) is 9.52. The second-order valence-corrected chi connectivity index (χ2v) is 13.3. The van der Waals surface area contributed by atoms with Gasteiger partial charge in [0.2, 0.25) is 5.60 Å². The number of carboxylic acid groups (broad SMARTS) is 1. The molecule has 6 N–H and O–H groups in total. The Morgan fingerprint density at radius 3 is 2.41 bits per heavy atom. The van der Waals surface area contributed by atoms with Gasteiger partial charge in [-0.2, -0.15) is 0 Å². The number of phenols is 2. The van der Waals surface area contributed by atoms with Crippen molar-refractivity contribution in [3.63, 3.8) is 0 Å². The standard InChI is InChI=1S/C27H34ClN5O9S.C3H8/c1-27(2,26(39)40)42-31-18(15-6-7-16(34)21(35)17(15)28)22(36)30-19-23(37)32-20(25(38)41-3)14(13-43-24(19)32)12-33(11-8-29)9-4-5-10-33;1-3-2/h6-7,19,24H,4-5,8-13,29H2,1-3H3,(H3-,30,31,34,35,36,39,40);3H2,1-2H3/p+1/t19-,24-;/m1./s1. The number of ether oxygens (including phenoxy) is 1. The van der Waals surface area contributed by atoms with E-state index in [1.54, 1.807) is 0 Å². The third kappa shape index (κ3) is 7.70. The number of esters is 1. The van der Waals surface area contributed by atoms with E-state index < -0.39 is 63.0 Å². The SMILES string of the molecule is CCC.COC(=O)C1=C(C[N+]2(CCN)CCCC2)CS[C@@H]2[C@H](NC(=O)/C(=N\OC(C)(C)C(=O)O)c3ccc(O)c(O)c3Cl)C(=O)N12. The predicted octanol–water partition coefficient (Wildman–Crippen LogP) is 2.15. The molecule has 0 aliphatic carbocycles. The van der Waals surface area contributed by atoms with E-state index in [2.05, 4.69) is 24.3 Å². The number of quaternary nitrogens is 1. The number of benzene rings is 1. The number of nitrogens with zero attached hydrogens (tertiary/aromatic N) is 3. The topological polar surface area (TPSA) is 201 Å². The molecule has 14 nitrogen and oxygen atoms in total. The molecule has 2 saturated heterocycles. The number of phenolic OH excluding ortho intramolecular Hbond substituents is 2. The van der Waals surface area contributed by atoms with Crippen molar-refractivity contribution in [3.8, 4) is 11.5 Å². The predicted molar refractivity (Wildman–Crippen MR) is 172 cm³/mol. The van der Waals surface area contributed by atoms with Gasteiger partial charge < -0.3 is 40.4 Å².